The molecule has 1 spiro atoms. The molecule has 0 bridgehead atoms. The summed E-state index contributed by atoms with van der Waals surface area (Å²) in [5.41, 5.74) is 3.23. The fourth-order valence-corrected chi connectivity index (χ4v) is 5.62. The van der Waals surface area contributed by atoms with E-state index in [1.807, 2.05) is 85.7 Å². The molecular formula is C30H29N5O2. The number of aromatic nitrogens is 2. The molecule has 6 rings (SSSR count). The number of carbonyl (C=O) groups excluding carboxylic acids is 2. The number of anilines is 1. The Morgan fingerprint density at radius 1 is 1.03 bits per heavy atom. The molecule has 0 radical (unpaired) electrons. The first-order valence-corrected chi connectivity index (χ1v) is 12.5. The normalized spacial score (nSPS) is 16.2. The van der Waals surface area contributed by atoms with Gasteiger partial charge in [-0.25, -0.2) is 0 Å². The van der Waals surface area contributed by atoms with E-state index in [9.17, 15) is 9.59 Å². The number of nitrogens with zero attached hydrogens (tertiary/aromatic N) is 4. The molecule has 4 heterocycles. The highest BCUT2D eigenvalue weighted by Crippen LogP contribution is 2.48. The van der Waals surface area contributed by atoms with Gasteiger partial charge in [-0.2, -0.15) is 0 Å². The zero-order chi connectivity index (χ0) is 25.8. The molecule has 0 atom stereocenters. The van der Waals surface area contributed by atoms with Gasteiger partial charge in [0.15, 0.2) is 0 Å². The Morgan fingerprint density at radius 3 is 2.54 bits per heavy atom. The Morgan fingerprint density at radius 2 is 1.78 bits per heavy atom. The van der Waals surface area contributed by atoms with Crippen molar-refractivity contribution in [1.82, 2.24) is 20.2 Å². The second kappa shape index (κ2) is 8.49. The Hall–Kier alpha value is -4.10. The number of hydrogen-bond donors (Lipinski definition) is 1. The maximum absolute atomic E-state index is 14.1. The van der Waals surface area contributed by atoms with Crippen molar-refractivity contribution in [3.05, 3.63) is 90.5 Å². The number of likely N-dealkylation sites (N-methyl/N-ethyl adjacent to an activating group) is 1. The van der Waals surface area contributed by atoms with Gasteiger partial charge in [0.2, 0.25) is 11.8 Å². The topological polar surface area (TPSA) is 78.4 Å². The van der Waals surface area contributed by atoms with E-state index < -0.39 is 11.0 Å². The summed E-state index contributed by atoms with van der Waals surface area (Å²) in [6.45, 7) is 4.82. The van der Waals surface area contributed by atoms with E-state index in [0.29, 0.717) is 19.6 Å². The fourth-order valence-electron chi connectivity index (χ4n) is 5.62. The smallest absolute Gasteiger partial charge is 0.242 e. The molecule has 2 aromatic carbocycles. The van der Waals surface area contributed by atoms with Crippen molar-refractivity contribution >= 4 is 28.3 Å². The van der Waals surface area contributed by atoms with Gasteiger partial charge in [0.1, 0.15) is 5.41 Å². The lowest BCUT2D eigenvalue weighted by atomic mass is 9.74. The number of rotatable bonds is 5. The highest BCUT2D eigenvalue weighted by molar-refractivity contribution is 6.10. The summed E-state index contributed by atoms with van der Waals surface area (Å²) in [4.78, 5) is 40.0. The van der Waals surface area contributed by atoms with Crippen LogP contribution in [0.4, 0.5) is 5.69 Å². The molecule has 0 saturated carbocycles. The van der Waals surface area contributed by atoms with Crippen molar-refractivity contribution in [2.75, 3.05) is 25.0 Å². The lowest BCUT2D eigenvalue weighted by Crippen LogP contribution is -2.69. The summed E-state index contributed by atoms with van der Waals surface area (Å²) in [5, 5.41) is 5.19. The summed E-state index contributed by atoms with van der Waals surface area (Å²) < 4.78 is 0. The molecule has 1 saturated heterocycles. The van der Waals surface area contributed by atoms with Crippen LogP contribution in [0, 0.1) is 0 Å². The molecule has 37 heavy (non-hydrogen) atoms. The molecular weight excluding hydrogens is 462 g/mol. The fraction of sp³-hybridized carbons (Fsp3) is 0.267. The summed E-state index contributed by atoms with van der Waals surface area (Å²) in [7, 11) is 1.78. The summed E-state index contributed by atoms with van der Waals surface area (Å²) >= 11 is 0. The average molecular weight is 492 g/mol. The third-order valence-electron chi connectivity index (χ3n) is 7.87. The SMILES string of the molecule is CNC(C)(C)C(=O)N1CC2(C1)C(=O)N(Cc1ncc3ccccc3c1-c1cccnc1)c1ccccc12. The Balaban J connectivity index is 1.39. The number of fused-ring (bicyclic) bond motifs is 3. The van der Waals surface area contributed by atoms with Gasteiger partial charge in [0, 0.05) is 53.9 Å². The van der Waals surface area contributed by atoms with Gasteiger partial charge < -0.3 is 15.1 Å². The molecule has 2 aliphatic heterocycles. The molecule has 2 aliphatic rings. The highest BCUT2D eigenvalue weighted by atomic mass is 16.2. The first kappa shape index (κ1) is 23.3. The van der Waals surface area contributed by atoms with Crippen molar-refractivity contribution in [3.63, 3.8) is 0 Å². The van der Waals surface area contributed by atoms with E-state index in [0.717, 1.165) is 38.8 Å². The first-order chi connectivity index (χ1) is 17.9. The van der Waals surface area contributed by atoms with Gasteiger partial charge in [0.25, 0.3) is 0 Å². The Labute approximate surface area is 216 Å². The van der Waals surface area contributed by atoms with Crippen LogP contribution in [0.1, 0.15) is 25.1 Å². The van der Waals surface area contributed by atoms with Crippen LogP contribution >= 0.6 is 0 Å². The van der Waals surface area contributed by atoms with E-state index in [1.54, 1.807) is 18.1 Å². The van der Waals surface area contributed by atoms with Gasteiger partial charge in [-0.15, -0.1) is 0 Å². The number of likely N-dealkylation sites (tertiary alicyclic amines) is 1. The second-order valence-corrected chi connectivity index (χ2v) is 10.4. The number of pyridine rings is 2. The van der Waals surface area contributed by atoms with Crippen LogP contribution in [-0.4, -0.2) is 52.4 Å². The van der Waals surface area contributed by atoms with E-state index >= 15 is 0 Å². The van der Waals surface area contributed by atoms with Gasteiger partial charge in [0.05, 0.1) is 17.8 Å². The van der Waals surface area contributed by atoms with Gasteiger partial charge in [-0.1, -0.05) is 48.5 Å². The highest BCUT2D eigenvalue weighted by Gasteiger charge is 2.60. The third kappa shape index (κ3) is 3.53. The zero-order valence-corrected chi connectivity index (χ0v) is 21.2. The largest absolute Gasteiger partial charge is 0.338 e. The zero-order valence-electron chi connectivity index (χ0n) is 21.2. The van der Waals surface area contributed by atoms with Crippen LogP contribution < -0.4 is 10.2 Å². The molecule has 7 heteroatoms. The number of carbonyl (C=O) groups is 2. The van der Waals surface area contributed by atoms with E-state index in [-0.39, 0.29) is 11.8 Å². The monoisotopic (exact) mass is 491 g/mol. The number of nitrogens with one attached hydrogen (secondary N) is 1. The molecule has 2 aromatic heterocycles. The van der Waals surface area contributed by atoms with Crippen LogP contribution in [0.5, 0.6) is 0 Å². The quantitative estimate of drug-likeness (QED) is 0.458. The minimum Gasteiger partial charge on any atom is -0.338 e. The van der Waals surface area contributed by atoms with E-state index in [4.69, 9.17) is 4.98 Å². The minimum atomic E-state index is -0.721. The maximum atomic E-state index is 14.1. The summed E-state index contributed by atoms with van der Waals surface area (Å²) in [6, 6.07) is 20.0. The summed E-state index contributed by atoms with van der Waals surface area (Å²) in [5.74, 6) is 0.0199. The van der Waals surface area contributed by atoms with Gasteiger partial charge in [-0.05, 0) is 44.0 Å². The van der Waals surface area contributed by atoms with Crippen molar-refractivity contribution in [3.8, 4) is 11.1 Å². The molecule has 1 N–H and O–H groups in total. The molecule has 7 nitrogen and oxygen atoms in total. The number of hydrogen-bond acceptors (Lipinski definition) is 5. The molecule has 2 amide bonds. The van der Waals surface area contributed by atoms with Crippen LogP contribution in [0.15, 0.2) is 79.3 Å². The van der Waals surface area contributed by atoms with E-state index in [1.165, 1.54) is 0 Å². The van der Waals surface area contributed by atoms with Crippen LogP contribution in [0.25, 0.3) is 21.9 Å². The molecule has 0 aliphatic carbocycles. The number of benzene rings is 2. The number of para-hydroxylation sites is 1. The molecule has 1 fully saturated rings. The molecule has 0 unspecified atom stereocenters. The van der Waals surface area contributed by atoms with Gasteiger partial charge >= 0.3 is 0 Å². The summed E-state index contributed by atoms with van der Waals surface area (Å²) in [6.07, 6.45) is 5.47. The molecule has 4 aromatic rings. The maximum Gasteiger partial charge on any atom is 0.242 e. The Kier molecular flexibility index (Phi) is 5.35. The van der Waals surface area contributed by atoms with Crippen molar-refractivity contribution in [2.45, 2.75) is 31.3 Å². The van der Waals surface area contributed by atoms with E-state index in [2.05, 4.69) is 16.4 Å². The van der Waals surface area contributed by atoms with Crippen molar-refractivity contribution < 1.29 is 9.59 Å². The lowest BCUT2D eigenvalue weighted by Gasteiger charge is -2.49. The first-order valence-electron chi connectivity index (χ1n) is 12.5. The lowest BCUT2D eigenvalue weighted by molar-refractivity contribution is -0.148. The van der Waals surface area contributed by atoms with Crippen LogP contribution in [-0.2, 0) is 21.5 Å². The van der Waals surface area contributed by atoms with Gasteiger partial charge in [-0.3, -0.25) is 19.6 Å². The Bertz CT molecular complexity index is 1530. The van der Waals surface area contributed by atoms with Crippen LogP contribution in [0.3, 0.4) is 0 Å². The third-order valence-corrected chi connectivity index (χ3v) is 7.87. The number of amides is 2. The average Bonchev–Trinajstić information content (AvgIpc) is 3.15. The molecule has 186 valence electrons. The standard InChI is InChI=1S/C30H29N5O2/c1-29(2,31-3)27(36)34-18-30(19-34)23-12-6-7-13-25(23)35(28(30)37)17-24-26(21-10-8-14-32-15-21)22-11-5-4-9-20(22)16-33-24/h4-16,31H,17-19H2,1-3H3. The van der Waals surface area contributed by atoms with Crippen LogP contribution in [0.2, 0.25) is 0 Å². The predicted molar refractivity (Wildman–Crippen MR) is 144 cm³/mol. The second-order valence-electron chi connectivity index (χ2n) is 10.4. The predicted octanol–water partition coefficient (Wildman–Crippen LogP) is 3.92. The van der Waals surface area contributed by atoms with Crippen molar-refractivity contribution in [2.24, 2.45) is 0 Å². The van der Waals surface area contributed by atoms with Crippen molar-refractivity contribution in [1.29, 1.82) is 0 Å². The minimum absolute atomic E-state index is 0.000541.